The van der Waals surface area contributed by atoms with Gasteiger partial charge in [0.1, 0.15) is 0 Å². The van der Waals surface area contributed by atoms with Crippen LogP contribution in [0.5, 0.6) is 0 Å². The van der Waals surface area contributed by atoms with E-state index in [0.29, 0.717) is 6.42 Å². The fourth-order valence-electron chi connectivity index (χ4n) is 3.65. The average molecular weight is 461 g/mol. The van der Waals surface area contributed by atoms with E-state index in [1.165, 1.54) is 11.0 Å². The number of amides is 2. The van der Waals surface area contributed by atoms with Gasteiger partial charge in [0.2, 0.25) is 11.8 Å². The normalized spacial score (nSPS) is 13.3. The number of rotatable bonds is 10. The van der Waals surface area contributed by atoms with Crippen LogP contribution in [0.3, 0.4) is 0 Å². The van der Waals surface area contributed by atoms with Crippen molar-refractivity contribution in [3.63, 3.8) is 0 Å². The second kappa shape index (κ2) is 14.5. The molecule has 0 saturated carbocycles. The molecule has 33 heavy (non-hydrogen) atoms. The first-order valence-electron chi connectivity index (χ1n) is 11.8. The number of carbonyl (C=O) groups is 3. The van der Waals surface area contributed by atoms with Gasteiger partial charge in [0.25, 0.3) is 0 Å². The standard InChI is InChI=1S/C23H34N2O4.C4H10/c1-7-18(23(4,5)17-11-9-8-10-12-17)22(29)24-15-20(26)25(6)19(16(2)3)13-14-21(27)28;1-4(2)3/h8-14,16,18-19H,7,15H2,1-6H3,(H,24,29)(H,27,28);4H,1-3H3/b14-13+;/t18-,19-;/m1./s1. The molecule has 186 valence electrons. The van der Waals surface area contributed by atoms with Gasteiger partial charge < -0.3 is 15.3 Å². The summed E-state index contributed by atoms with van der Waals surface area (Å²) in [4.78, 5) is 37.8. The van der Waals surface area contributed by atoms with Crippen molar-refractivity contribution in [1.82, 2.24) is 10.2 Å². The molecular formula is C27H44N2O4. The third kappa shape index (κ3) is 10.7. The van der Waals surface area contributed by atoms with Crippen LogP contribution in [0.25, 0.3) is 0 Å². The smallest absolute Gasteiger partial charge is 0.328 e. The molecule has 2 N–H and O–H groups in total. The van der Waals surface area contributed by atoms with Crippen LogP contribution in [-0.4, -0.2) is 47.4 Å². The first kappa shape index (κ1) is 30.4. The van der Waals surface area contributed by atoms with E-state index in [9.17, 15) is 14.4 Å². The fraction of sp³-hybridized carbons (Fsp3) is 0.593. The van der Waals surface area contributed by atoms with E-state index < -0.39 is 5.97 Å². The molecule has 0 unspecified atom stereocenters. The van der Waals surface area contributed by atoms with Gasteiger partial charge >= 0.3 is 5.97 Å². The number of carboxylic acid groups (broad SMARTS) is 1. The van der Waals surface area contributed by atoms with E-state index in [2.05, 4.69) is 26.1 Å². The third-order valence-electron chi connectivity index (χ3n) is 5.49. The molecule has 1 rings (SSSR count). The summed E-state index contributed by atoms with van der Waals surface area (Å²) in [5.74, 6) is -0.894. The molecule has 0 spiro atoms. The molecular weight excluding hydrogens is 416 g/mol. The number of hydrogen-bond donors (Lipinski definition) is 2. The number of nitrogens with one attached hydrogen (secondary N) is 1. The number of carbonyl (C=O) groups excluding carboxylic acids is 2. The lowest BCUT2D eigenvalue weighted by molar-refractivity contribution is -0.135. The van der Waals surface area contributed by atoms with Gasteiger partial charge in [0, 0.05) is 24.5 Å². The number of hydrogen-bond acceptors (Lipinski definition) is 3. The van der Waals surface area contributed by atoms with Crippen LogP contribution in [0.15, 0.2) is 42.5 Å². The summed E-state index contributed by atoms with van der Waals surface area (Å²) in [7, 11) is 1.62. The van der Waals surface area contributed by atoms with Gasteiger partial charge in [-0.25, -0.2) is 4.79 Å². The Labute approximate surface area is 200 Å². The molecule has 6 heteroatoms. The average Bonchev–Trinajstić information content (AvgIpc) is 2.72. The van der Waals surface area contributed by atoms with Crippen molar-refractivity contribution < 1.29 is 19.5 Å². The lowest BCUT2D eigenvalue weighted by atomic mass is 9.71. The van der Waals surface area contributed by atoms with E-state index in [-0.39, 0.29) is 41.7 Å². The van der Waals surface area contributed by atoms with Crippen molar-refractivity contribution in [2.45, 2.75) is 73.3 Å². The predicted molar refractivity (Wildman–Crippen MR) is 135 cm³/mol. The molecule has 0 fully saturated rings. The minimum absolute atomic E-state index is 0.0376. The quantitative estimate of drug-likeness (QED) is 0.487. The lowest BCUT2D eigenvalue weighted by Crippen LogP contribution is -2.47. The van der Waals surface area contributed by atoms with E-state index >= 15 is 0 Å². The second-order valence-electron chi connectivity index (χ2n) is 9.94. The second-order valence-corrected chi connectivity index (χ2v) is 9.94. The Hall–Kier alpha value is -2.63. The summed E-state index contributed by atoms with van der Waals surface area (Å²) in [5.41, 5.74) is 0.698. The maximum absolute atomic E-state index is 12.9. The van der Waals surface area contributed by atoms with Gasteiger partial charge in [-0.3, -0.25) is 9.59 Å². The highest BCUT2D eigenvalue weighted by Gasteiger charge is 2.35. The lowest BCUT2D eigenvalue weighted by Gasteiger charge is -2.34. The van der Waals surface area contributed by atoms with Crippen LogP contribution in [0.2, 0.25) is 0 Å². The first-order chi connectivity index (χ1) is 15.2. The summed E-state index contributed by atoms with van der Waals surface area (Å²) >= 11 is 0. The number of likely N-dealkylation sites (N-methyl/N-ethyl adjacent to an activating group) is 1. The molecule has 1 aromatic rings. The molecule has 0 aliphatic heterocycles. The van der Waals surface area contributed by atoms with E-state index in [4.69, 9.17) is 5.11 Å². The Bertz CT molecular complexity index is 767. The minimum atomic E-state index is -1.06. The Balaban J connectivity index is 0.00000235. The first-order valence-corrected chi connectivity index (χ1v) is 11.8. The molecule has 6 nitrogen and oxygen atoms in total. The van der Waals surface area contributed by atoms with E-state index in [1.807, 2.05) is 65.0 Å². The molecule has 2 atom stereocenters. The molecule has 1 aromatic carbocycles. The summed E-state index contributed by atoms with van der Waals surface area (Å²) in [6.07, 6.45) is 3.19. The van der Waals surface area contributed by atoms with E-state index in [0.717, 1.165) is 17.6 Å². The monoisotopic (exact) mass is 460 g/mol. The van der Waals surface area contributed by atoms with E-state index in [1.54, 1.807) is 7.05 Å². The largest absolute Gasteiger partial charge is 0.478 e. The van der Waals surface area contributed by atoms with Crippen molar-refractivity contribution in [3.05, 3.63) is 48.0 Å². The number of aliphatic carboxylic acids is 1. The number of carboxylic acids is 1. The zero-order chi connectivity index (χ0) is 25.8. The molecule has 0 saturated heterocycles. The van der Waals surface area contributed by atoms with Gasteiger partial charge in [-0.2, -0.15) is 0 Å². The highest BCUT2D eigenvalue weighted by Crippen LogP contribution is 2.33. The summed E-state index contributed by atoms with van der Waals surface area (Å²) < 4.78 is 0. The summed E-state index contributed by atoms with van der Waals surface area (Å²) in [5, 5.41) is 11.6. The van der Waals surface area contributed by atoms with Crippen molar-refractivity contribution in [3.8, 4) is 0 Å². The van der Waals surface area contributed by atoms with Crippen LogP contribution in [0.1, 0.15) is 67.4 Å². The van der Waals surface area contributed by atoms with Crippen LogP contribution in [0, 0.1) is 17.8 Å². The van der Waals surface area contributed by atoms with Crippen LogP contribution < -0.4 is 5.32 Å². The Kier molecular flexibility index (Phi) is 13.3. The SMILES string of the molecule is CC(C)C.CC[C@H](C(=O)NCC(=O)N(C)[C@H](/C=C/C(=O)O)C(C)C)C(C)(C)c1ccccc1. The highest BCUT2D eigenvalue weighted by molar-refractivity contribution is 5.87. The number of nitrogens with zero attached hydrogens (tertiary/aromatic N) is 1. The highest BCUT2D eigenvalue weighted by atomic mass is 16.4. The van der Waals surface area contributed by atoms with Gasteiger partial charge in [-0.05, 0) is 23.8 Å². The molecule has 0 aliphatic carbocycles. The molecule has 0 bridgehead atoms. The summed E-state index contributed by atoms with van der Waals surface area (Å²) in [6, 6.07) is 9.51. The third-order valence-corrected chi connectivity index (χ3v) is 5.49. The molecule has 0 aromatic heterocycles. The van der Waals surface area contributed by atoms with Gasteiger partial charge in [0.05, 0.1) is 12.6 Å². The maximum atomic E-state index is 12.9. The minimum Gasteiger partial charge on any atom is -0.478 e. The molecule has 0 heterocycles. The maximum Gasteiger partial charge on any atom is 0.328 e. The fourth-order valence-corrected chi connectivity index (χ4v) is 3.65. The van der Waals surface area contributed by atoms with Crippen LogP contribution in [0.4, 0.5) is 0 Å². The van der Waals surface area contributed by atoms with Crippen molar-refractivity contribution in [2.75, 3.05) is 13.6 Å². The Morgan fingerprint density at radius 1 is 1.06 bits per heavy atom. The van der Waals surface area contributed by atoms with Gasteiger partial charge in [-0.1, -0.05) is 91.8 Å². The topological polar surface area (TPSA) is 86.7 Å². The van der Waals surface area contributed by atoms with Crippen LogP contribution >= 0.6 is 0 Å². The van der Waals surface area contributed by atoms with Crippen LogP contribution in [-0.2, 0) is 19.8 Å². The number of benzene rings is 1. The predicted octanol–water partition coefficient (Wildman–Crippen LogP) is 4.89. The molecule has 2 amide bonds. The Morgan fingerprint density at radius 3 is 2.00 bits per heavy atom. The van der Waals surface area contributed by atoms with Crippen molar-refractivity contribution >= 4 is 17.8 Å². The van der Waals surface area contributed by atoms with Gasteiger partial charge in [-0.15, -0.1) is 0 Å². The zero-order valence-corrected chi connectivity index (χ0v) is 21.9. The molecule has 0 radical (unpaired) electrons. The van der Waals surface area contributed by atoms with Crippen molar-refractivity contribution in [1.29, 1.82) is 0 Å². The Morgan fingerprint density at radius 2 is 1.58 bits per heavy atom. The molecule has 0 aliphatic rings. The zero-order valence-electron chi connectivity index (χ0n) is 21.9. The summed E-state index contributed by atoms with van der Waals surface area (Å²) in [6.45, 7) is 16.2. The van der Waals surface area contributed by atoms with Crippen molar-refractivity contribution in [2.24, 2.45) is 17.8 Å². The van der Waals surface area contributed by atoms with Gasteiger partial charge in [0.15, 0.2) is 0 Å².